The summed E-state index contributed by atoms with van der Waals surface area (Å²) in [6.07, 6.45) is 0. The summed E-state index contributed by atoms with van der Waals surface area (Å²) in [6.45, 7) is 8.00. The third kappa shape index (κ3) is 5.37. The predicted octanol–water partition coefficient (Wildman–Crippen LogP) is 2.75. The monoisotopic (exact) mass is 360 g/mol. The molecule has 140 valence electrons. The number of carbonyl (C=O) groups is 2. The van der Waals surface area contributed by atoms with Crippen LogP contribution in [0.15, 0.2) is 66.7 Å². The van der Waals surface area contributed by atoms with Crippen LogP contribution in [0.4, 0.5) is 0 Å². The van der Waals surface area contributed by atoms with E-state index < -0.39 is 7.81 Å². The molecule has 0 unspecified atom stereocenters. The Morgan fingerprint density at radius 3 is 1.81 bits per heavy atom. The van der Waals surface area contributed by atoms with Crippen LogP contribution in [-0.4, -0.2) is 35.0 Å². The summed E-state index contributed by atoms with van der Waals surface area (Å²) < 4.78 is 14.4. The third-order valence-electron chi connectivity index (χ3n) is 3.87. The van der Waals surface area contributed by atoms with Gasteiger partial charge in [-0.3, -0.25) is 9.59 Å². The maximum Gasteiger partial charge on any atom is 0.153 e. The highest BCUT2D eigenvalue weighted by Gasteiger charge is 2.25. The molecule has 0 saturated heterocycles. The van der Waals surface area contributed by atoms with Crippen molar-refractivity contribution in [3.8, 4) is 0 Å². The number of benzene rings is 3. The molecule has 0 heterocycles. The van der Waals surface area contributed by atoms with E-state index in [0.29, 0.717) is 11.1 Å². The molecule has 4 heteroatoms. The zero-order chi connectivity index (χ0) is 21.8. The summed E-state index contributed by atoms with van der Waals surface area (Å²) in [6, 6.07) is 21.3. The number of hydrogen-bond donors (Lipinski definition) is 0. The van der Waals surface area contributed by atoms with Gasteiger partial charge in [-0.15, -0.1) is 5.46 Å². The summed E-state index contributed by atoms with van der Waals surface area (Å²) in [5.41, 5.74) is 2.17. The van der Waals surface area contributed by atoms with Gasteiger partial charge in [-0.1, -0.05) is 94.4 Å². The maximum atomic E-state index is 11.5. The highest BCUT2D eigenvalue weighted by molar-refractivity contribution is 6.89. The smallest absolute Gasteiger partial charge is 0.153 e. The van der Waals surface area contributed by atoms with Gasteiger partial charge in [0.2, 0.25) is 0 Å². The number of hydrogen-bond acceptors (Lipinski definition) is 2. The van der Waals surface area contributed by atoms with Gasteiger partial charge in [-0.05, 0) is 18.6 Å². The van der Waals surface area contributed by atoms with Gasteiger partial charge in [0.05, 0.1) is 0 Å². The quantitative estimate of drug-likeness (QED) is 0.626. The van der Waals surface area contributed by atoms with Crippen LogP contribution in [0.5, 0.6) is 0 Å². The van der Waals surface area contributed by atoms with E-state index in [1.807, 2.05) is 39.8 Å². The zero-order valence-electron chi connectivity index (χ0n) is 18.9. The minimum absolute atomic E-state index is 0.0844. The molecule has 3 aromatic carbocycles. The lowest BCUT2D eigenvalue weighted by Crippen LogP contribution is -2.13. The molecule has 27 heavy (non-hydrogen) atoms. The highest BCUT2D eigenvalue weighted by Crippen LogP contribution is 2.18. The Morgan fingerprint density at radius 1 is 0.778 bits per heavy atom. The van der Waals surface area contributed by atoms with E-state index in [2.05, 4.69) is 30.3 Å². The van der Waals surface area contributed by atoms with Crippen molar-refractivity contribution >= 4 is 48.5 Å². The maximum absolute atomic E-state index is 11.5. The zero-order valence-corrected chi connectivity index (χ0v) is 16.9. The van der Waals surface area contributed by atoms with E-state index in [-0.39, 0.29) is 24.5 Å². The summed E-state index contributed by atoms with van der Waals surface area (Å²) in [5, 5.41) is 2.52. The molecule has 1 aliphatic carbocycles. The van der Waals surface area contributed by atoms with Crippen molar-refractivity contribution in [3.63, 3.8) is 0 Å². The van der Waals surface area contributed by atoms with E-state index in [1.165, 1.54) is 16.2 Å². The number of Topliss-reactive ketones (excluding diaryl/α,β-unsaturated/α-hetero) is 2. The van der Waals surface area contributed by atoms with Crippen LogP contribution in [-0.2, 0) is 0 Å². The van der Waals surface area contributed by atoms with Crippen LogP contribution in [0, 0.1) is 0 Å². The van der Waals surface area contributed by atoms with E-state index in [0.717, 1.165) is 0 Å². The minimum Gasteiger partial charge on any atom is -0.293 e. The van der Waals surface area contributed by atoms with Crippen LogP contribution >= 0.6 is 0 Å². The van der Waals surface area contributed by atoms with Crippen LogP contribution in [0.1, 0.15) is 48.4 Å². The minimum atomic E-state index is -0.636. The van der Waals surface area contributed by atoms with Gasteiger partial charge in [-0.2, -0.15) is 7.45 Å². The summed E-state index contributed by atoms with van der Waals surface area (Å²) in [4.78, 5) is 22.9. The molecule has 0 amide bonds. The summed E-state index contributed by atoms with van der Waals surface area (Å²) >= 11 is 0. The van der Waals surface area contributed by atoms with Crippen molar-refractivity contribution in [1.82, 2.24) is 0 Å². The Morgan fingerprint density at radius 2 is 1.30 bits per heavy atom. The average Bonchev–Trinajstić information content (AvgIpc) is 3.06. The number of ketones is 2. The lowest BCUT2D eigenvalue weighted by Gasteiger charge is -2.00. The van der Waals surface area contributed by atoms with E-state index in [9.17, 15) is 9.59 Å². The SMILES string of the molecule is CC.CC.[2H][BH-]=C1C(=O)c2ccccc2C1=O.[2H][BH2-]c1ccc2ccccc2c1. The molecule has 0 atom stereocenters. The first-order valence-corrected chi connectivity index (χ1v) is 9.40. The molecule has 0 aliphatic heterocycles. The summed E-state index contributed by atoms with van der Waals surface area (Å²) in [5.74, 6) is -0.564. The molecular weight excluding hydrogens is 330 g/mol. The van der Waals surface area contributed by atoms with Gasteiger partial charge in [0.15, 0.2) is 11.6 Å². The molecule has 0 saturated carbocycles. The molecule has 0 N–H and O–H groups in total. The summed E-state index contributed by atoms with van der Waals surface area (Å²) in [7, 11) is -0.866. The Labute approximate surface area is 166 Å². The molecule has 2 nitrogen and oxygen atoms in total. The Kier molecular flexibility index (Phi) is 7.81. The predicted molar refractivity (Wildman–Crippen MR) is 125 cm³/mol. The normalized spacial score (nSPS) is 12.2. The number of carbonyl (C=O) groups excluding carboxylic acids is 2. The van der Waals surface area contributed by atoms with Gasteiger partial charge >= 0.3 is 0 Å². The fourth-order valence-electron chi connectivity index (χ4n) is 2.62. The van der Waals surface area contributed by atoms with Crippen LogP contribution < -0.4 is 5.46 Å². The Bertz CT molecular complexity index is 964. The fourth-order valence-corrected chi connectivity index (χ4v) is 2.62. The van der Waals surface area contributed by atoms with Gasteiger partial charge in [0.1, 0.15) is 0 Å². The second-order valence-electron chi connectivity index (χ2n) is 5.53. The van der Waals surface area contributed by atoms with E-state index in [4.69, 9.17) is 2.67 Å². The van der Waals surface area contributed by atoms with Gasteiger partial charge < -0.3 is 0 Å². The number of rotatable bonds is 1. The lowest BCUT2D eigenvalue weighted by atomic mass is 9.94. The van der Waals surface area contributed by atoms with E-state index >= 15 is 0 Å². The Balaban J connectivity index is 0.000000248. The average molecular weight is 360 g/mol. The topological polar surface area (TPSA) is 34.1 Å². The van der Waals surface area contributed by atoms with Gasteiger partial charge in [0, 0.05) is 11.1 Å². The molecule has 3 aromatic rings. The lowest BCUT2D eigenvalue weighted by molar-refractivity contribution is 0.104. The molecule has 0 bridgehead atoms. The van der Waals surface area contributed by atoms with Gasteiger partial charge in [0.25, 0.3) is 0 Å². The van der Waals surface area contributed by atoms with Crippen molar-refractivity contribution in [2.75, 3.05) is 0 Å². The number of fused-ring (bicyclic) bond motifs is 2. The highest BCUT2D eigenvalue weighted by atomic mass is 16.2. The molecular formula is C23H28B2O2-2. The molecule has 0 fully saturated rings. The largest absolute Gasteiger partial charge is 0.293 e. The standard InChI is InChI=1S/C10H10B.C9H6BO2.2C2H6/c11-10-6-5-8-3-1-2-4-9(8)7-10;10-7-8(11)5-3-1-2-4-6(5)9(7)12;2*1-2/h1-7H,11H3;1-4H,10H2;2*1-2H3/q2*-1;;/i11D;10D;;. The molecule has 0 radical (unpaired) electrons. The molecule has 1 aliphatic rings. The van der Waals surface area contributed by atoms with Crippen molar-refractivity contribution in [2.24, 2.45) is 0 Å². The first-order valence-electron chi connectivity index (χ1n) is 11.1. The van der Waals surface area contributed by atoms with Crippen molar-refractivity contribution < 1.29 is 9.59 Å². The molecule has 4 rings (SSSR count). The third-order valence-corrected chi connectivity index (χ3v) is 3.87. The van der Waals surface area contributed by atoms with Crippen LogP contribution in [0.3, 0.4) is 0 Å². The van der Waals surface area contributed by atoms with Crippen molar-refractivity contribution in [3.05, 3.63) is 77.9 Å². The second-order valence-corrected chi connectivity index (χ2v) is 5.53. The Hall–Kier alpha value is -2.74. The van der Waals surface area contributed by atoms with Crippen LogP contribution in [0.25, 0.3) is 10.8 Å². The van der Waals surface area contributed by atoms with Crippen molar-refractivity contribution in [2.45, 2.75) is 27.7 Å². The van der Waals surface area contributed by atoms with Crippen LogP contribution in [0.2, 0.25) is 0 Å². The van der Waals surface area contributed by atoms with Crippen molar-refractivity contribution in [1.29, 1.82) is 2.67 Å². The fraction of sp³-hybridized carbons (Fsp3) is 0.174. The second kappa shape index (κ2) is 11.1. The van der Waals surface area contributed by atoms with Gasteiger partial charge in [-0.25, -0.2) is 8.13 Å². The first-order chi connectivity index (χ1) is 14.2. The first kappa shape index (κ1) is 19.0. The molecule has 0 spiro atoms. The van der Waals surface area contributed by atoms with E-state index in [1.54, 1.807) is 24.3 Å². The molecule has 0 aromatic heterocycles.